The zero-order chi connectivity index (χ0) is 23.0. The van der Waals surface area contributed by atoms with Gasteiger partial charge in [-0.1, -0.05) is 12.1 Å². The van der Waals surface area contributed by atoms with Crippen LogP contribution in [-0.4, -0.2) is 55.9 Å². The van der Waals surface area contributed by atoms with E-state index in [9.17, 15) is 13.2 Å². The van der Waals surface area contributed by atoms with Gasteiger partial charge in [-0.2, -0.15) is 32.8 Å². The maximum atomic E-state index is 13.0. The van der Waals surface area contributed by atoms with E-state index in [0.717, 1.165) is 16.6 Å². The van der Waals surface area contributed by atoms with Crippen LogP contribution in [0, 0.1) is 0 Å². The number of hydrogen-bond donors (Lipinski definition) is 2. The van der Waals surface area contributed by atoms with E-state index in [1.165, 1.54) is 12.3 Å². The van der Waals surface area contributed by atoms with Crippen molar-refractivity contribution in [2.75, 3.05) is 36.5 Å². The molecule has 1 aromatic carbocycles. The van der Waals surface area contributed by atoms with E-state index in [0.29, 0.717) is 60.9 Å². The molecule has 1 saturated heterocycles. The number of imidazole rings is 1. The molecule has 0 amide bonds. The third-order valence-electron chi connectivity index (χ3n) is 5.15. The summed E-state index contributed by atoms with van der Waals surface area (Å²) >= 11 is 3.46. The zero-order valence-corrected chi connectivity index (χ0v) is 18.7. The lowest BCUT2D eigenvalue weighted by Crippen LogP contribution is -2.37. The number of ether oxygens (including phenoxy) is 1. The molecule has 3 aromatic heterocycles. The molecule has 0 spiro atoms. The van der Waals surface area contributed by atoms with Gasteiger partial charge in [0.1, 0.15) is 5.82 Å². The fourth-order valence-electron chi connectivity index (χ4n) is 3.48. The van der Waals surface area contributed by atoms with Gasteiger partial charge >= 0.3 is 6.18 Å². The summed E-state index contributed by atoms with van der Waals surface area (Å²) in [5.74, 6) is 1.55. The molecule has 9 nitrogen and oxygen atoms in total. The molecule has 0 atom stereocenters. The highest BCUT2D eigenvalue weighted by Gasteiger charge is 2.30. The van der Waals surface area contributed by atoms with E-state index in [4.69, 9.17) is 4.74 Å². The molecule has 4 heterocycles. The molecule has 0 bridgehead atoms. The van der Waals surface area contributed by atoms with Gasteiger partial charge in [0.2, 0.25) is 11.9 Å². The Morgan fingerprint density at radius 1 is 1.15 bits per heavy atom. The minimum atomic E-state index is -4.41. The molecule has 13 heteroatoms. The van der Waals surface area contributed by atoms with E-state index < -0.39 is 11.7 Å². The lowest BCUT2D eigenvalue weighted by molar-refractivity contribution is -0.137. The van der Waals surface area contributed by atoms with E-state index in [-0.39, 0.29) is 6.54 Å². The molecule has 0 aliphatic carbocycles. The van der Waals surface area contributed by atoms with Crippen molar-refractivity contribution in [1.29, 1.82) is 0 Å². The normalized spacial score (nSPS) is 14.7. The average molecular weight is 523 g/mol. The largest absolute Gasteiger partial charge is 0.416 e. The van der Waals surface area contributed by atoms with Gasteiger partial charge in [0.05, 0.1) is 47.9 Å². The molecule has 0 unspecified atom stereocenters. The number of aromatic nitrogens is 6. The third kappa shape index (κ3) is 4.50. The molecule has 0 radical (unpaired) electrons. The number of fused-ring (bicyclic) bond motifs is 1. The van der Waals surface area contributed by atoms with E-state index in [1.54, 1.807) is 16.8 Å². The number of hydrogen-bond acceptors (Lipinski definition) is 7. The molecule has 33 heavy (non-hydrogen) atoms. The van der Waals surface area contributed by atoms with Gasteiger partial charge in [-0.05, 0) is 28.1 Å². The molecular weight excluding hydrogens is 505 g/mol. The molecule has 5 rings (SSSR count). The first-order valence-corrected chi connectivity index (χ1v) is 10.9. The van der Waals surface area contributed by atoms with Crippen molar-refractivity contribution in [1.82, 2.24) is 29.5 Å². The van der Waals surface area contributed by atoms with Crippen molar-refractivity contribution in [2.24, 2.45) is 0 Å². The van der Waals surface area contributed by atoms with Crippen LogP contribution in [-0.2, 0) is 17.5 Å². The molecule has 1 aliphatic rings. The Balaban J connectivity index is 1.38. The summed E-state index contributed by atoms with van der Waals surface area (Å²) in [6, 6.07) is 5.10. The minimum absolute atomic E-state index is 0.255. The van der Waals surface area contributed by atoms with Gasteiger partial charge in [-0.15, -0.1) is 0 Å². The predicted molar refractivity (Wildman–Crippen MR) is 118 cm³/mol. The quantitative estimate of drug-likeness (QED) is 0.412. The molecule has 2 N–H and O–H groups in total. The lowest BCUT2D eigenvalue weighted by Gasteiger charge is -2.27. The van der Waals surface area contributed by atoms with Crippen LogP contribution in [0.15, 0.2) is 41.1 Å². The second kappa shape index (κ2) is 8.63. The number of halogens is 4. The number of benzene rings is 1. The van der Waals surface area contributed by atoms with E-state index >= 15 is 0 Å². The number of anilines is 2. The number of nitrogens with one attached hydrogen (secondary N) is 2. The Morgan fingerprint density at radius 2 is 1.97 bits per heavy atom. The monoisotopic (exact) mass is 522 g/mol. The Hall–Kier alpha value is -3.19. The Kier molecular flexibility index (Phi) is 5.66. The summed E-state index contributed by atoms with van der Waals surface area (Å²) in [5, 5.41) is 7.50. The number of nitrogens with zero attached hydrogens (tertiary/aromatic N) is 6. The fraction of sp³-hybridized carbons (Fsp3) is 0.300. The van der Waals surface area contributed by atoms with Gasteiger partial charge in [-0.3, -0.25) is 0 Å². The van der Waals surface area contributed by atoms with Gasteiger partial charge in [0.15, 0.2) is 5.65 Å². The van der Waals surface area contributed by atoms with E-state index in [2.05, 4.69) is 46.3 Å². The van der Waals surface area contributed by atoms with Crippen LogP contribution in [0.2, 0.25) is 0 Å². The highest BCUT2D eigenvalue weighted by atomic mass is 79.9. The second-order valence-corrected chi connectivity index (χ2v) is 8.20. The zero-order valence-electron chi connectivity index (χ0n) is 17.1. The fourth-order valence-corrected chi connectivity index (χ4v) is 3.83. The maximum absolute atomic E-state index is 13.0. The smallest absolute Gasteiger partial charge is 0.378 e. The van der Waals surface area contributed by atoms with Crippen molar-refractivity contribution < 1.29 is 17.9 Å². The molecule has 1 fully saturated rings. The summed E-state index contributed by atoms with van der Waals surface area (Å²) in [6.45, 7) is 2.82. The first kappa shape index (κ1) is 21.6. The molecule has 4 aromatic rings. The van der Waals surface area contributed by atoms with Gasteiger partial charge in [0, 0.05) is 18.7 Å². The van der Waals surface area contributed by atoms with Crippen molar-refractivity contribution in [2.45, 2.75) is 12.7 Å². The second-order valence-electron chi connectivity index (χ2n) is 7.35. The summed E-state index contributed by atoms with van der Waals surface area (Å²) in [7, 11) is 0. The van der Waals surface area contributed by atoms with Gasteiger partial charge in [0.25, 0.3) is 0 Å². The molecule has 1 aliphatic heterocycles. The predicted octanol–water partition coefficient (Wildman–Crippen LogP) is 3.74. The average Bonchev–Trinajstić information content (AvgIpc) is 3.45. The number of aromatic amines is 1. The van der Waals surface area contributed by atoms with Crippen molar-refractivity contribution in [3.05, 3.63) is 52.5 Å². The minimum Gasteiger partial charge on any atom is -0.378 e. The Morgan fingerprint density at radius 3 is 2.76 bits per heavy atom. The number of rotatable bonds is 5. The third-order valence-corrected chi connectivity index (χ3v) is 5.71. The van der Waals surface area contributed by atoms with Gasteiger partial charge < -0.3 is 19.9 Å². The Labute approximate surface area is 194 Å². The number of alkyl halides is 3. The molecular formula is C20H18BrF3N8O. The van der Waals surface area contributed by atoms with Crippen LogP contribution in [0.3, 0.4) is 0 Å². The molecule has 172 valence electrons. The van der Waals surface area contributed by atoms with Crippen LogP contribution >= 0.6 is 15.9 Å². The lowest BCUT2D eigenvalue weighted by atomic mass is 10.1. The van der Waals surface area contributed by atoms with Crippen LogP contribution in [0.1, 0.15) is 11.4 Å². The van der Waals surface area contributed by atoms with Crippen LogP contribution < -0.4 is 10.2 Å². The van der Waals surface area contributed by atoms with Crippen molar-refractivity contribution in [3.63, 3.8) is 0 Å². The first-order valence-electron chi connectivity index (χ1n) is 10.1. The van der Waals surface area contributed by atoms with E-state index in [1.807, 2.05) is 4.90 Å². The maximum Gasteiger partial charge on any atom is 0.416 e. The summed E-state index contributed by atoms with van der Waals surface area (Å²) in [6.07, 6.45) is -1.27. The van der Waals surface area contributed by atoms with Crippen LogP contribution in [0.4, 0.5) is 25.1 Å². The standard InChI is InChI=1S/C20H18BrF3N8O/c21-14-9-27-32-17(14)29-19(31-4-6-33-7-5-31)30-18(32)26-11-16-25-10-15(28-16)12-2-1-3-13(8-12)20(22,23)24/h1-3,8-10H,4-7,11H2,(H,25,28)(H,26,29,30). The van der Waals surface area contributed by atoms with Crippen molar-refractivity contribution >= 4 is 33.5 Å². The van der Waals surface area contributed by atoms with Crippen LogP contribution in [0.5, 0.6) is 0 Å². The van der Waals surface area contributed by atoms with Crippen molar-refractivity contribution in [3.8, 4) is 11.3 Å². The van der Waals surface area contributed by atoms with Gasteiger partial charge in [-0.25, -0.2) is 4.98 Å². The highest BCUT2D eigenvalue weighted by Crippen LogP contribution is 2.31. The topological polar surface area (TPSA) is 96.3 Å². The SMILES string of the molecule is FC(F)(F)c1cccc(-c2cnc(CNc3nc(N4CCOCC4)nc4c(Br)cnn34)[nH]2)c1. The Bertz CT molecular complexity index is 1280. The highest BCUT2D eigenvalue weighted by molar-refractivity contribution is 9.10. The summed E-state index contributed by atoms with van der Waals surface area (Å²) in [5.41, 5.74) is 0.788. The summed E-state index contributed by atoms with van der Waals surface area (Å²) < 4.78 is 46.8. The first-order chi connectivity index (χ1) is 15.9. The van der Waals surface area contributed by atoms with Crippen LogP contribution in [0.25, 0.3) is 16.9 Å². The molecule has 0 saturated carbocycles. The number of H-pyrrole nitrogens is 1. The summed E-state index contributed by atoms with van der Waals surface area (Å²) in [4.78, 5) is 18.6. The number of morpholine rings is 1.